The molecule has 2 aromatic rings. The third kappa shape index (κ3) is 2.42. The fourth-order valence-electron chi connectivity index (χ4n) is 1.77. The Morgan fingerprint density at radius 3 is 2.41 bits per heavy atom. The molecule has 0 fully saturated rings. The average molecular weight is 228 g/mol. The minimum absolute atomic E-state index is 0.339. The van der Waals surface area contributed by atoms with Crippen LogP contribution < -0.4 is 11.3 Å². The second-order valence-corrected chi connectivity index (χ2v) is 4.16. The Balaban J connectivity index is 2.54. The number of hydrazine groups is 1. The Kier molecular flexibility index (Phi) is 3.35. The van der Waals surface area contributed by atoms with Gasteiger partial charge in [0.15, 0.2) is 0 Å². The van der Waals surface area contributed by atoms with Crippen LogP contribution >= 0.6 is 0 Å². The lowest BCUT2D eigenvalue weighted by atomic mass is 9.98. The number of pyridine rings is 2. The van der Waals surface area contributed by atoms with E-state index in [4.69, 9.17) is 5.84 Å². The quantitative estimate of drug-likeness (QED) is 0.626. The molecule has 0 aliphatic rings. The summed E-state index contributed by atoms with van der Waals surface area (Å²) in [6, 6.07) is 7.88. The highest BCUT2D eigenvalue weighted by Gasteiger charge is 2.10. The van der Waals surface area contributed by atoms with Crippen molar-refractivity contribution in [2.45, 2.75) is 19.8 Å². The lowest BCUT2D eigenvalue weighted by Gasteiger charge is -2.13. The molecule has 17 heavy (non-hydrogen) atoms. The minimum Gasteiger partial charge on any atom is -0.308 e. The monoisotopic (exact) mass is 228 g/mol. The van der Waals surface area contributed by atoms with Gasteiger partial charge in [-0.3, -0.25) is 4.98 Å². The van der Waals surface area contributed by atoms with Crippen LogP contribution in [0, 0.1) is 0 Å². The van der Waals surface area contributed by atoms with E-state index in [1.807, 2.05) is 24.3 Å². The minimum atomic E-state index is 0.339. The first-order valence-electron chi connectivity index (χ1n) is 5.60. The van der Waals surface area contributed by atoms with Crippen molar-refractivity contribution in [2.75, 3.05) is 5.43 Å². The van der Waals surface area contributed by atoms with Crippen LogP contribution in [0.1, 0.15) is 25.5 Å². The summed E-state index contributed by atoms with van der Waals surface area (Å²) < 4.78 is 0. The van der Waals surface area contributed by atoms with Crippen LogP contribution in [-0.2, 0) is 0 Å². The zero-order valence-electron chi connectivity index (χ0n) is 10.0. The molecule has 0 atom stereocenters. The number of aromatic nitrogens is 2. The molecule has 0 saturated carbocycles. The third-order valence-electron chi connectivity index (χ3n) is 2.61. The normalized spacial score (nSPS) is 10.6. The van der Waals surface area contributed by atoms with Gasteiger partial charge in [0.2, 0.25) is 0 Å². The van der Waals surface area contributed by atoms with Gasteiger partial charge in [-0.15, -0.1) is 0 Å². The zero-order chi connectivity index (χ0) is 12.3. The van der Waals surface area contributed by atoms with Crippen molar-refractivity contribution in [3.8, 4) is 11.1 Å². The van der Waals surface area contributed by atoms with Crippen molar-refractivity contribution in [1.29, 1.82) is 0 Å². The predicted octanol–water partition coefficient (Wildman–Crippen LogP) is 2.55. The summed E-state index contributed by atoms with van der Waals surface area (Å²) in [6.45, 7) is 4.24. The van der Waals surface area contributed by atoms with E-state index in [1.54, 1.807) is 12.4 Å². The van der Waals surface area contributed by atoms with E-state index in [0.29, 0.717) is 11.7 Å². The van der Waals surface area contributed by atoms with Crippen LogP contribution in [0.25, 0.3) is 11.1 Å². The molecule has 2 rings (SSSR count). The molecule has 4 nitrogen and oxygen atoms in total. The number of nitrogens with one attached hydrogen (secondary N) is 1. The van der Waals surface area contributed by atoms with E-state index in [1.165, 1.54) is 0 Å². The summed E-state index contributed by atoms with van der Waals surface area (Å²) in [7, 11) is 0. The van der Waals surface area contributed by atoms with Gasteiger partial charge in [-0.2, -0.15) is 0 Å². The van der Waals surface area contributed by atoms with Crippen molar-refractivity contribution in [2.24, 2.45) is 5.84 Å². The summed E-state index contributed by atoms with van der Waals surface area (Å²) >= 11 is 0. The molecule has 0 radical (unpaired) electrons. The van der Waals surface area contributed by atoms with Crippen LogP contribution in [0.5, 0.6) is 0 Å². The van der Waals surface area contributed by atoms with Gasteiger partial charge in [0.05, 0.1) is 5.69 Å². The Hall–Kier alpha value is -1.94. The highest BCUT2D eigenvalue weighted by Crippen LogP contribution is 2.28. The van der Waals surface area contributed by atoms with E-state index >= 15 is 0 Å². The van der Waals surface area contributed by atoms with Crippen molar-refractivity contribution >= 4 is 5.82 Å². The number of anilines is 1. The second kappa shape index (κ2) is 4.93. The Labute approximate surface area is 101 Å². The van der Waals surface area contributed by atoms with Crippen LogP contribution in [0.4, 0.5) is 5.82 Å². The maximum absolute atomic E-state index is 5.39. The largest absolute Gasteiger partial charge is 0.308 e. The number of hydrogen-bond donors (Lipinski definition) is 2. The zero-order valence-corrected chi connectivity index (χ0v) is 10.0. The summed E-state index contributed by atoms with van der Waals surface area (Å²) in [4.78, 5) is 8.54. The molecule has 4 heteroatoms. The SMILES string of the molecule is CC(C)c1nc(NN)ccc1-c1ccncc1. The summed E-state index contributed by atoms with van der Waals surface area (Å²) in [5.74, 6) is 6.41. The smallest absolute Gasteiger partial charge is 0.140 e. The first-order chi connectivity index (χ1) is 8.22. The molecule has 0 amide bonds. The number of nitrogen functional groups attached to an aromatic ring is 1. The number of rotatable bonds is 3. The molecule has 0 aromatic carbocycles. The molecule has 2 heterocycles. The van der Waals surface area contributed by atoms with Crippen molar-refractivity contribution in [3.63, 3.8) is 0 Å². The Morgan fingerprint density at radius 1 is 1.12 bits per heavy atom. The van der Waals surface area contributed by atoms with Gasteiger partial charge >= 0.3 is 0 Å². The lowest BCUT2D eigenvalue weighted by Crippen LogP contribution is -2.10. The summed E-state index contributed by atoms with van der Waals surface area (Å²) in [5.41, 5.74) is 5.86. The van der Waals surface area contributed by atoms with Gasteiger partial charge in [0.1, 0.15) is 5.82 Å². The van der Waals surface area contributed by atoms with Crippen molar-refractivity contribution in [1.82, 2.24) is 9.97 Å². The van der Waals surface area contributed by atoms with E-state index < -0.39 is 0 Å². The topological polar surface area (TPSA) is 63.8 Å². The van der Waals surface area contributed by atoms with Crippen molar-refractivity contribution in [3.05, 3.63) is 42.4 Å². The molecule has 88 valence electrons. The van der Waals surface area contributed by atoms with Crippen LogP contribution in [0.3, 0.4) is 0 Å². The highest BCUT2D eigenvalue weighted by atomic mass is 15.2. The third-order valence-corrected chi connectivity index (χ3v) is 2.61. The standard InChI is InChI=1S/C13H16N4/c1-9(2)13-11(3-4-12(16-13)17-14)10-5-7-15-8-6-10/h3-9H,14H2,1-2H3,(H,16,17). The Morgan fingerprint density at radius 2 is 1.82 bits per heavy atom. The lowest BCUT2D eigenvalue weighted by molar-refractivity contribution is 0.826. The number of nitrogens with zero attached hydrogens (tertiary/aromatic N) is 2. The van der Waals surface area contributed by atoms with Gasteiger partial charge in [0.25, 0.3) is 0 Å². The van der Waals surface area contributed by atoms with Gasteiger partial charge in [-0.1, -0.05) is 13.8 Å². The first kappa shape index (κ1) is 11.5. The second-order valence-electron chi connectivity index (χ2n) is 4.16. The Bertz CT molecular complexity index is 494. The van der Waals surface area contributed by atoms with E-state index in [9.17, 15) is 0 Å². The molecule has 0 unspecified atom stereocenters. The molecule has 0 bridgehead atoms. The summed E-state index contributed by atoms with van der Waals surface area (Å²) in [5, 5.41) is 0. The molecular formula is C13H16N4. The molecule has 2 aromatic heterocycles. The predicted molar refractivity (Wildman–Crippen MR) is 69.4 cm³/mol. The molecular weight excluding hydrogens is 212 g/mol. The maximum Gasteiger partial charge on any atom is 0.140 e. The molecule has 3 N–H and O–H groups in total. The van der Waals surface area contributed by atoms with Crippen LogP contribution in [-0.4, -0.2) is 9.97 Å². The van der Waals surface area contributed by atoms with Gasteiger partial charge in [-0.05, 0) is 35.7 Å². The average Bonchev–Trinajstić information content (AvgIpc) is 2.39. The highest BCUT2D eigenvalue weighted by molar-refractivity contribution is 5.67. The fraction of sp³-hybridized carbons (Fsp3) is 0.231. The molecule has 0 aliphatic heterocycles. The van der Waals surface area contributed by atoms with E-state index in [-0.39, 0.29) is 0 Å². The van der Waals surface area contributed by atoms with Crippen LogP contribution in [0.2, 0.25) is 0 Å². The van der Waals surface area contributed by atoms with Gasteiger partial charge in [-0.25, -0.2) is 10.8 Å². The first-order valence-corrected chi connectivity index (χ1v) is 5.60. The maximum atomic E-state index is 5.39. The molecule has 0 saturated heterocycles. The van der Waals surface area contributed by atoms with Gasteiger partial charge < -0.3 is 5.43 Å². The van der Waals surface area contributed by atoms with Gasteiger partial charge in [0, 0.05) is 18.0 Å². The molecule has 0 aliphatic carbocycles. The summed E-state index contributed by atoms with van der Waals surface area (Å²) in [6.07, 6.45) is 3.57. The number of nitrogens with two attached hydrogens (primary N) is 1. The van der Waals surface area contributed by atoms with E-state index in [2.05, 4.69) is 29.2 Å². The number of hydrogen-bond acceptors (Lipinski definition) is 4. The van der Waals surface area contributed by atoms with E-state index in [0.717, 1.165) is 16.8 Å². The van der Waals surface area contributed by atoms with Crippen LogP contribution in [0.15, 0.2) is 36.7 Å². The van der Waals surface area contributed by atoms with Crippen molar-refractivity contribution < 1.29 is 0 Å². The fourth-order valence-corrected chi connectivity index (χ4v) is 1.77. The molecule has 0 spiro atoms.